The molecule has 2 aromatic heterocycles. The quantitative estimate of drug-likeness (QED) is 0.762. The van der Waals surface area contributed by atoms with E-state index in [9.17, 15) is 4.79 Å². The molecule has 0 aliphatic carbocycles. The minimum absolute atomic E-state index is 0. The van der Waals surface area contributed by atoms with Crippen LogP contribution in [0.4, 0.5) is 0 Å². The first-order chi connectivity index (χ1) is 11.0. The van der Waals surface area contributed by atoms with Crippen LogP contribution in [0.25, 0.3) is 0 Å². The lowest BCUT2D eigenvalue weighted by Gasteiger charge is -2.30. The minimum Gasteiger partial charge on any atom is -0.339 e. The molecule has 1 N–H and O–H groups in total. The van der Waals surface area contributed by atoms with Crippen molar-refractivity contribution < 1.29 is 9.32 Å². The number of carbonyl (C=O) groups excluding carboxylic acids is 1. The number of rotatable bonds is 5. The average molecular weight is 412 g/mol. The number of nitrogens with zero attached hydrogens (tertiary/aromatic N) is 3. The van der Waals surface area contributed by atoms with Crippen LogP contribution in [-0.4, -0.2) is 47.5 Å². The predicted molar refractivity (Wildman–Crippen MR) is 96.8 cm³/mol. The van der Waals surface area contributed by atoms with Crippen LogP contribution in [0.1, 0.15) is 34.5 Å². The molecule has 1 aliphatic rings. The fourth-order valence-corrected chi connectivity index (χ4v) is 3.98. The van der Waals surface area contributed by atoms with Crippen molar-refractivity contribution >= 4 is 52.7 Å². The van der Waals surface area contributed by atoms with E-state index in [1.54, 1.807) is 6.07 Å². The molecule has 6 nitrogen and oxygen atoms in total. The summed E-state index contributed by atoms with van der Waals surface area (Å²) in [7, 11) is 2.04. The van der Waals surface area contributed by atoms with Crippen LogP contribution in [0.15, 0.2) is 10.6 Å². The Kier molecular flexibility index (Phi) is 7.03. The summed E-state index contributed by atoms with van der Waals surface area (Å²) in [4.78, 5) is 18.8. The molecule has 0 radical (unpaired) electrons. The number of halogens is 3. The van der Waals surface area contributed by atoms with Crippen LogP contribution in [0.5, 0.6) is 0 Å². The van der Waals surface area contributed by atoms with Gasteiger partial charge in [0, 0.05) is 38.0 Å². The second-order valence-electron chi connectivity index (χ2n) is 5.41. The zero-order valence-electron chi connectivity index (χ0n) is 12.9. The lowest BCUT2D eigenvalue weighted by atomic mass is 10.1. The molecule has 1 saturated heterocycles. The molecule has 2 aromatic rings. The molecule has 0 saturated carbocycles. The number of nitrogens with one attached hydrogen (secondary N) is 1. The molecule has 0 amide bonds. The molecular formula is C14H17Cl3N4O2S. The fraction of sp³-hybridized carbons (Fsp3) is 0.500. The summed E-state index contributed by atoms with van der Waals surface area (Å²) in [5.41, 5.74) is 0.456. The van der Waals surface area contributed by atoms with E-state index in [1.165, 1.54) is 11.3 Å². The second kappa shape index (κ2) is 8.60. The van der Waals surface area contributed by atoms with Crippen molar-refractivity contribution in [3.05, 3.63) is 32.0 Å². The van der Waals surface area contributed by atoms with Crippen LogP contribution >= 0.6 is 46.9 Å². The van der Waals surface area contributed by atoms with Crippen molar-refractivity contribution in [1.29, 1.82) is 0 Å². The largest absolute Gasteiger partial charge is 0.339 e. The SMILES string of the molecule is CN1CCNCC1c1noc(CCC(=O)c2cc(Cl)sc2Cl)n1.Cl. The Morgan fingerprint density at radius 3 is 3.00 bits per heavy atom. The molecule has 3 rings (SSSR count). The van der Waals surface area contributed by atoms with Gasteiger partial charge in [0.05, 0.1) is 10.4 Å². The Balaban J connectivity index is 0.00000208. The number of thiophene rings is 1. The Labute approximate surface area is 159 Å². The number of aryl methyl sites for hydroxylation is 1. The number of carbonyl (C=O) groups is 1. The molecule has 10 heteroatoms. The van der Waals surface area contributed by atoms with Crippen LogP contribution in [0, 0.1) is 0 Å². The molecule has 1 atom stereocenters. The Hall–Kier alpha value is -0.700. The van der Waals surface area contributed by atoms with Gasteiger partial charge in [0.25, 0.3) is 0 Å². The first-order valence-electron chi connectivity index (χ1n) is 7.26. The molecule has 3 heterocycles. The predicted octanol–water partition coefficient (Wildman–Crippen LogP) is 3.25. The smallest absolute Gasteiger partial charge is 0.227 e. The van der Waals surface area contributed by atoms with Gasteiger partial charge in [-0.3, -0.25) is 9.69 Å². The Morgan fingerprint density at radius 2 is 2.33 bits per heavy atom. The van der Waals surface area contributed by atoms with Gasteiger partial charge in [-0.2, -0.15) is 4.98 Å². The first-order valence-corrected chi connectivity index (χ1v) is 8.83. The van der Waals surface area contributed by atoms with Crippen molar-refractivity contribution in [1.82, 2.24) is 20.4 Å². The lowest BCUT2D eigenvalue weighted by Crippen LogP contribution is -2.44. The summed E-state index contributed by atoms with van der Waals surface area (Å²) in [6, 6.07) is 1.70. The van der Waals surface area contributed by atoms with Crippen molar-refractivity contribution in [2.75, 3.05) is 26.7 Å². The van der Waals surface area contributed by atoms with Gasteiger partial charge in [-0.05, 0) is 13.1 Å². The normalized spacial score (nSPS) is 18.4. The summed E-state index contributed by atoms with van der Waals surface area (Å²) in [5, 5.41) is 7.35. The molecular weight excluding hydrogens is 395 g/mol. The number of piperazine rings is 1. The highest BCUT2D eigenvalue weighted by Crippen LogP contribution is 2.32. The van der Waals surface area contributed by atoms with E-state index in [2.05, 4.69) is 20.4 Å². The summed E-state index contributed by atoms with van der Waals surface area (Å²) < 4.78 is 6.19. The average Bonchev–Trinajstić information content (AvgIpc) is 3.12. The Morgan fingerprint density at radius 1 is 1.54 bits per heavy atom. The van der Waals surface area contributed by atoms with E-state index < -0.39 is 0 Å². The van der Waals surface area contributed by atoms with Gasteiger partial charge in [0.1, 0.15) is 4.34 Å². The maximum atomic E-state index is 12.2. The molecule has 0 spiro atoms. The molecule has 1 fully saturated rings. The van der Waals surface area contributed by atoms with E-state index in [4.69, 9.17) is 27.7 Å². The van der Waals surface area contributed by atoms with Crippen LogP contribution in [-0.2, 0) is 6.42 Å². The number of hydrogen-bond acceptors (Lipinski definition) is 7. The molecule has 1 aliphatic heterocycles. The van der Waals surface area contributed by atoms with Crippen LogP contribution < -0.4 is 5.32 Å². The minimum atomic E-state index is -0.0747. The third-order valence-corrected chi connectivity index (χ3v) is 5.30. The highest BCUT2D eigenvalue weighted by molar-refractivity contribution is 7.20. The maximum absolute atomic E-state index is 12.2. The van der Waals surface area contributed by atoms with Crippen LogP contribution in [0.3, 0.4) is 0 Å². The zero-order chi connectivity index (χ0) is 16.4. The van der Waals surface area contributed by atoms with E-state index >= 15 is 0 Å². The van der Waals surface area contributed by atoms with Gasteiger partial charge in [0.2, 0.25) is 5.89 Å². The van der Waals surface area contributed by atoms with E-state index in [0.717, 1.165) is 19.6 Å². The summed E-state index contributed by atoms with van der Waals surface area (Å²) in [6.45, 7) is 2.68. The lowest BCUT2D eigenvalue weighted by molar-refractivity contribution is 0.0980. The summed E-state index contributed by atoms with van der Waals surface area (Å²) in [6.07, 6.45) is 0.645. The van der Waals surface area contributed by atoms with Gasteiger partial charge in [-0.1, -0.05) is 28.4 Å². The van der Waals surface area contributed by atoms with E-state index in [-0.39, 0.29) is 30.7 Å². The second-order valence-corrected chi connectivity index (χ2v) is 7.69. The van der Waals surface area contributed by atoms with Gasteiger partial charge >= 0.3 is 0 Å². The van der Waals surface area contributed by atoms with Gasteiger partial charge in [-0.15, -0.1) is 23.7 Å². The van der Waals surface area contributed by atoms with E-state index in [0.29, 0.717) is 32.4 Å². The molecule has 132 valence electrons. The van der Waals surface area contributed by atoms with Gasteiger partial charge in [0.15, 0.2) is 11.6 Å². The van der Waals surface area contributed by atoms with E-state index in [1.807, 2.05) is 7.05 Å². The number of likely N-dealkylation sites (N-methyl/N-ethyl adjacent to an activating group) is 1. The number of ketones is 1. The van der Waals surface area contributed by atoms with Crippen molar-refractivity contribution in [2.45, 2.75) is 18.9 Å². The highest BCUT2D eigenvalue weighted by atomic mass is 35.5. The monoisotopic (exact) mass is 410 g/mol. The Bertz CT molecular complexity index is 706. The third-order valence-electron chi connectivity index (χ3n) is 3.82. The third kappa shape index (κ3) is 4.47. The summed E-state index contributed by atoms with van der Waals surface area (Å²) in [5.74, 6) is 1.04. The molecule has 0 aromatic carbocycles. The first kappa shape index (κ1) is 19.6. The topological polar surface area (TPSA) is 71.3 Å². The zero-order valence-corrected chi connectivity index (χ0v) is 16.1. The van der Waals surface area contributed by atoms with Crippen molar-refractivity contribution in [3.8, 4) is 0 Å². The standard InChI is InChI=1S/C14H16Cl2N4O2S.ClH/c1-20-5-4-17-7-9(20)14-18-12(22-19-14)3-2-10(21)8-6-11(15)23-13(8)16;/h6,9,17H,2-5,7H2,1H3;1H. The number of hydrogen-bond donors (Lipinski definition) is 1. The van der Waals surface area contributed by atoms with Crippen LogP contribution in [0.2, 0.25) is 8.67 Å². The number of Topliss-reactive ketones (excluding diaryl/α,β-unsaturated/α-hetero) is 1. The molecule has 1 unspecified atom stereocenters. The van der Waals surface area contributed by atoms with Crippen molar-refractivity contribution in [2.24, 2.45) is 0 Å². The maximum Gasteiger partial charge on any atom is 0.227 e. The summed E-state index contributed by atoms with van der Waals surface area (Å²) >= 11 is 13.0. The number of aromatic nitrogens is 2. The fourth-order valence-electron chi connectivity index (χ4n) is 2.48. The van der Waals surface area contributed by atoms with Gasteiger partial charge < -0.3 is 9.84 Å². The van der Waals surface area contributed by atoms with Crippen molar-refractivity contribution in [3.63, 3.8) is 0 Å². The van der Waals surface area contributed by atoms with Gasteiger partial charge in [-0.25, -0.2) is 0 Å². The molecule has 0 bridgehead atoms. The molecule has 24 heavy (non-hydrogen) atoms. The highest BCUT2D eigenvalue weighted by Gasteiger charge is 2.25.